The Morgan fingerprint density at radius 2 is 1.79 bits per heavy atom. The number of methoxy groups -OCH3 is 1. The number of halogens is 4. The van der Waals surface area contributed by atoms with E-state index in [4.69, 9.17) is 49.1 Å². The van der Waals surface area contributed by atoms with Crippen LogP contribution >= 0.6 is 50.7 Å². The van der Waals surface area contributed by atoms with Crippen LogP contribution in [0.25, 0.3) is 0 Å². The van der Waals surface area contributed by atoms with E-state index in [9.17, 15) is 4.79 Å². The van der Waals surface area contributed by atoms with Gasteiger partial charge in [-0.1, -0.05) is 46.0 Å². The predicted octanol–water partition coefficient (Wildman–Crippen LogP) is 6.99. The standard InChI is InChI=1S/C23H18BrCl3N2O4/c1-31-21-9-14(11-28-33-13-22(30)29-18-6-4-16(25)5-7-18)8-19(24)23(21)32-12-15-2-3-17(26)10-20(15)27/h2-11H,12-13H2,1H3,(H,29,30)/b28-11+. The molecule has 0 aromatic heterocycles. The second-order valence-corrected chi connectivity index (χ2v) is 8.76. The summed E-state index contributed by atoms with van der Waals surface area (Å²) in [4.78, 5) is 17.0. The Bertz CT molecular complexity index is 1160. The van der Waals surface area contributed by atoms with Crippen molar-refractivity contribution >= 4 is 68.5 Å². The predicted molar refractivity (Wildman–Crippen MR) is 135 cm³/mol. The van der Waals surface area contributed by atoms with Crippen LogP contribution in [0.1, 0.15) is 11.1 Å². The number of amides is 1. The van der Waals surface area contributed by atoms with Gasteiger partial charge in [0.25, 0.3) is 5.91 Å². The normalized spacial score (nSPS) is 10.8. The van der Waals surface area contributed by atoms with Gasteiger partial charge in [-0.05, 0) is 64.5 Å². The molecule has 0 heterocycles. The van der Waals surface area contributed by atoms with Crippen molar-refractivity contribution < 1.29 is 19.1 Å². The highest BCUT2D eigenvalue weighted by Crippen LogP contribution is 2.37. The summed E-state index contributed by atoms with van der Waals surface area (Å²) in [6, 6.07) is 15.4. The molecule has 0 spiro atoms. The lowest BCUT2D eigenvalue weighted by atomic mass is 10.2. The lowest BCUT2D eigenvalue weighted by molar-refractivity contribution is -0.120. The zero-order valence-corrected chi connectivity index (χ0v) is 21.1. The average molecular weight is 573 g/mol. The molecule has 33 heavy (non-hydrogen) atoms. The van der Waals surface area contributed by atoms with Crippen molar-refractivity contribution in [3.05, 3.63) is 85.3 Å². The number of carbonyl (C=O) groups is 1. The van der Waals surface area contributed by atoms with Crippen LogP contribution in [0, 0.1) is 0 Å². The van der Waals surface area contributed by atoms with Crippen LogP contribution in [0.2, 0.25) is 15.1 Å². The van der Waals surface area contributed by atoms with E-state index < -0.39 is 0 Å². The summed E-state index contributed by atoms with van der Waals surface area (Å²) in [5.41, 5.74) is 2.07. The molecule has 0 atom stereocenters. The number of anilines is 1. The Kier molecular flexibility index (Phi) is 9.26. The first-order chi connectivity index (χ1) is 15.9. The van der Waals surface area contributed by atoms with Crippen LogP contribution in [-0.2, 0) is 16.2 Å². The van der Waals surface area contributed by atoms with E-state index in [1.807, 2.05) is 0 Å². The number of nitrogens with zero attached hydrogens (tertiary/aromatic N) is 1. The quantitative estimate of drug-likeness (QED) is 0.222. The van der Waals surface area contributed by atoms with Gasteiger partial charge in [0.15, 0.2) is 18.1 Å². The second-order valence-electron chi connectivity index (χ2n) is 6.62. The van der Waals surface area contributed by atoms with Gasteiger partial charge in [0.1, 0.15) is 6.61 Å². The molecule has 10 heteroatoms. The Balaban J connectivity index is 1.58. The topological polar surface area (TPSA) is 69.2 Å². The van der Waals surface area contributed by atoms with Crippen molar-refractivity contribution in [3.8, 4) is 11.5 Å². The fourth-order valence-electron chi connectivity index (χ4n) is 2.67. The maximum Gasteiger partial charge on any atom is 0.265 e. The Labute approximate surface area is 214 Å². The number of nitrogens with one attached hydrogen (secondary N) is 1. The molecule has 0 fully saturated rings. The zero-order chi connectivity index (χ0) is 23.8. The molecule has 0 radical (unpaired) electrons. The summed E-state index contributed by atoms with van der Waals surface area (Å²) in [5.74, 6) is 0.637. The highest BCUT2D eigenvalue weighted by molar-refractivity contribution is 9.10. The number of benzene rings is 3. The van der Waals surface area contributed by atoms with Crippen LogP contribution in [-0.4, -0.2) is 25.8 Å². The molecular formula is C23H18BrCl3N2O4. The summed E-state index contributed by atoms with van der Waals surface area (Å²) < 4.78 is 12.0. The minimum absolute atomic E-state index is 0.226. The highest BCUT2D eigenvalue weighted by Gasteiger charge is 2.13. The third-order valence-corrected chi connectivity index (χ3v) is 5.67. The molecule has 6 nitrogen and oxygen atoms in total. The molecule has 1 N–H and O–H groups in total. The van der Waals surface area contributed by atoms with E-state index in [1.54, 1.807) is 54.6 Å². The monoisotopic (exact) mass is 570 g/mol. The van der Waals surface area contributed by atoms with Crippen LogP contribution in [0.5, 0.6) is 11.5 Å². The summed E-state index contributed by atoms with van der Waals surface area (Å²) in [6.07, 6.45) is 1.46. The van der Waals surface area contributed by atoms with Crippen molar-refractivity contribution in [1.29, 1.82) is 0 Å². The smallest absolute Gasteiger partial charge is 0.265 e. The van der Waals surface area contributed by atoms with Crippen molar-refractivity contribution in [2.75, 3.05) is 19.0 Å². The van der Waals surface area contributed by atoms with E-state index >= 15 is 0 Å². The van der Waals surface area contributed by atoms with Gasteiger partial charge in [0.05, 0.1) is 17.8 Å². The fourth-order valence-corrected chi connectivity index (χ4v) is 3.83. The first-order valence-corrected chi connectivity index (χ1v) is 11.4. The third-order valence-electron chi connectivity index (χ3n) is 4.24. The van der Waals surface area contributed by atoms with E-state index in [0.717, 1.165) is 5.56 Å². The zero-order valence-electron chi connectivity index (χ0n) is 17.3. The van der Waals surface area contributed by atoms with Crippen molar-refractivity contribution in [3.63, 3.8) is 0 Å². The summed E-state index contributed by atoms with van der Waals surface area (Å²) in [6.45, 7) is -0.0231. The highest BCUT2D eigenvalue weighted by atomic mass is 79.9. The number of oxime groups is 1. The Morgan fingerprint density at radius 1 is 1.06 bits per heavy atom. The van der Waals surface area contributed by atoms with Crippen LogP contribution in [0.3, 0.4) is 0 Å². The van der Waals surface area contributed by atoms with E-state index in [2.05, 4.69) is 26.4 Å². The largest absolute Gasteiger partial charge is 0.493 e. The minimum Gasteiger partial charge on any atom is -0.493 e. The molecule has 0 aliphatic heterocycles. The molecular weight excluding hydrogens is 555 g/mol. The first-order valence-electron chi connectivity index (χ1n) is 9.50. The third kappa shape index (κ3) is 7.54. The van der Waals surface area contributed by atoms with E-state index in [-0.39, 0.29) is 19.1 Å². The molecule has 1 amide bonds. The molecule has 0 bridgehead atoms. The lowest BCUT2D eigenvalue weighted by Crippen LogP contribution is -2.16. The van der Waals surface area contributed by atoms with Gasteiger partial charge in [-0.3, -0.25) is 4.79 Å². The van der Waals surface area contributed by atoms with Crippen LogP contribution in [0.15, 0.2) is 64.2 Å². The minimum atomic E-state index is -0.349. The van der Waals surface area contributed by atoms with Gasteiger partial charge in [-0.2, -0.15) is 0 Å². The van der Waals surface area contributed by atoms with E-state index in [0.29, 0.717) is 42.3 Å². The van der Waals surface area contributed by atoms with Crippen molar-refractivity contribution in [2.45, 2.75) is 6.61 Å². The Morgan fingerprint density at radius 3 is 2.48 bits per heavy atom. The molecule has 172 valence electrons. The summed E-state index contributed by atoms with van der Waals surface area (Å²) in [7, 11) is 1.53. The number of ether oxygens (including phenoxy) is 2. The molecule has 0 unspecified atom stereocenters. The van der Waals surface area contributed by atoms with Gasteiger partial charge >= 0.3 is 0 Å². The molecule has 0 aliphatic carbocycles. The summed E-state index contributed by atoms with van der Waals surface area (Å²) >= 11 is 21.4. The number of carbonyl (C=O) groups excluding carboxylic acids is 1. The number of rotatable bonds is 9. The van der Waals surface area contributed by atoms with Gasteiger partial charge < -0.3 is 19.6 Å². The first kappa shape index (κ1) is 25.2. The summed E-state index contributed by atoms with van der Waals surface area (Å²) in [5, 5.41) is 8.17. The van der Waals surface area contributed by atoms with Crippen molar-refractivity contribution in [1.82, 2.24) is 0 Å². The van der Waals surface area contributed by atoms with Crippen LogP contribution < -0.4 is 14.8 Å². The van der Waals surface area contributed by atoms with Gasteiger partial charge in [0.2, 0.25) is 0 Å². The maximum absolute atomic E-state index is 11.9. The molecule has 3 aromatic carbocycles. The maximum atomic E-state index is 11.9. The average Bonchev–Trinajstić information content (AvgIpc) is 2.78. The van der Waals surface area contributed by atoms with E-state index in [1.165, 1.54) is 13.3 Å². The molecule has 0 aliphatic rings. The SMILES string of the molecule is COc1cc(/C=N/OCC(=O)Nc2ccc(Cl)cc2)cc(Br)c1OCc1ccc(Cl)cc1Cl. The molecule has 3 rings (SSSR count). The van der Waals surface area contributed by atoms with Crippen LogP contribution in [0.4, 0.5) is 5.69 Å². The molecule has 0 saturated carbocycles. The van der Waals surface area contributed by atoms with Gasteiger partial charge in [-0.15, -0.1) is 0 Å². The molecule has 0 saturated heterocycles. The Hall–Kier alpha value is -2.45. The fraction of sp³-hybridized carbons (Fsp3) is 0.130. The lowest BCUT2D eigenvalue weighted by Gasteiger charge is -2.14. The van der Waals surface area contributed by atoms with Crippen molar-refractivity contribution in [2.24, 2.45) is 5.16 Å². The van der Waals surface area contributed by atoms with Gasteiger partial charge in [0, 0.05) is 31.9 Å². The molecule has 3 aromatic rings. The number of hydrogen-bond acceptors (Lipinski definition) is 5. The second kappa shape index (κ2) is 12.1. The van der Waals surface area contributed by atoms with Gasteiger partial charge in [-0.25, -0.2) is 0 Å². The number of hydrogen-bond donors (Lipinski definition) is 1.